The fourth-order valence-corrected chi connectivity index (χ4v) is 1.21. The third-order valence-electron chi connectivity index (χ3n) is 2.04. The number of amides is 1. The average Bonchev–Trinajstić information content (AvgIpc) is 2.26. The summed E-state index contributed by atoms with van der Waals surface area (Å²) in [5.41, 5.74) is -0.539. The normalized spacial score (nSPS) is 10.8. The molecule has 7 heteroatoms. The fraction of sp³-hybridized carbons (Fsp3) is 0.273. The Hall–Kier alpha value is -2.10. The van der Waals surface area contributed by atoms with E-state index in [9.17, 15) is 22.4 Å². The molecule has 0 unspecified atom stereocenters. The summed E-state index contributed by atoms with van der Waals surface area (Å²) in [4.78, 5) is 11.2. The summed E-state index contributed by atoms with van der Waals surface area (Å²) in [6.07, 6.45) is -6.47. The number of carbonyl (C=O) groups excluding carboxylic acids is 1. The number of carbonyl (C=O) groups is 1. The first-order valence-corrected chi connectivity index (χ1v) is 4.88. The van der Waals surface area contributed by atoms with Gasteiger partial charge in [-0.3, -0.25) is 4.79 Å². The monoisotopic (exact) mass is 260 g/mol. The molecule has 0 aliphatic rings. The predicted octanol–water partition coefficient (Wildman–Crippen LogP) is 2.98. The zero-order chi connectivity index (χ0) is 13.8. The maximum absolute atomic E-state index is 13.1. The Labute approximate surface area is 100 Å². The molecule has 1 aromatic rings. The molecule has 1 rings (SSSR count). The number of benzene rings is 1. The van der Waals surface area contributed by atoms with Crippen LogP contribution in [0.4, 0.5) is 23.2 Å². The summed E-state index contributed by atoms with van der Waals surface area (Å²) in [5.74, 6) is -1.76. The minimum atomic E-state index is -4.43. The van der Waals surface area contributed by atoms with Gasteiger partial charge in [0.25, 0.3) is 0 Å². The van der Waals surface area contributed by atoms with Crippen molar-refractivity contribution in [2.75, 3.05) is 5.32 Å². The molecule has 0 radical (unpaired) electrons. The van der Waals surface area contributed by atoms with Crippen LogP contribution < -0.4 is 5.32 Å². The Morgan fingerprint density at radius 2 is 2.06 bits per heavy atom. The molecule has 1 amide bonds. The number of hydrogen-bond acceptors (Lipinski definition) is 2. The highest BCUT2D eigenvalue weighted by Crippen LogP contribution is 2.22. The second-order valence-corrected chi connectivity index (χ2v) is 3.44. The van der Waals surface area contributed by atoms with Crippen LogP contribution in [-0.4, -0.2) is 12.1 Å². The Balaban J connectivity index is 2.72. The summed E-state index contributed by atoms with van der Waals surface area (Å²) < 4.78 is 48.7. The average molecular weight is 260 g/mol. The summed E-state index contributed by atoms with van der Waals surface area (Å²) >= 11 is 0. The van der Waals surface area contributed by atoms with Crippen LogP contribution in [-0.2, 0) is 4.79 Å². The van der Waals surface area contributed by atoms with Crippen molar-refractivity contribution < 1.29 is 22.4 Å². The lowest BCUT2D eigenvalue weighted by atomic mass is 10.1. The standard InChI is InChI=1S/C11H8F4N2O/c12-8-2-1-3-9(7(8)6-16)17-10(18)4-5-11(13,14)15/h1-3H,4-5H2,(H,17,18). The molecule has 0 aliphatic heterocycles. The second-order valence-electron chi connectivity index (χ2n) is 3.44. The first kappa shape index (κ1) is 14.0. The van der Waals surface area contributed by atoms with Crippen LogP contribution in [0.2, 0.25) is 0 Å². The number of alkyl halides is 3. The van der Waals surface area contributed by atoms with Crippen molar-refractivity contribution in [3.05, 3.63) is 29.6 Å². The van der Waals surface area contributed by atoms with E-state index >= 15 is 0 Å². The van der Waals surface area contributed by atoms with E-state index in [1.54, 1.807) is 0 Å². The minimum Gasteiger partial charge on any atom is -0.325 e. The molecular weight excluding hydrogens is 252 g/mol. The van der Waals surface area contributed by atoms with Gasteiger partial charge in [-0.15, -0.1) is 0 Å². The molecule has 1 aromatic carbocycles. The molecule has 0 aromatic heterocycles. The van der Waals surface area contributed by atoms with E-state index in [2.05, 4.69) is 5.32 Å². The molecule has 0 saturated carbocycles. The molecule has 3 nitrogen and oxygen atoms in total. The first-order chi connectivity index (χ1) is 8.33. The van der Waals surface area contributed by atoms with Gasteiger partial charge in [0.1, 0.15) is 17.4 Å². The number of hydrogen-bond donors (Lipinski definition) is 1. The van der Waals surface area contributed by atoms with Crippen molar-refractivity contribution in [2.24, 2.45) is 0 Å². The summed E-state index contributed by atoms with van der Waals surface area (Å²) in [6, 6.07) is 5.04. The van der Waals surface area contributed by atoms with Crippen molar-refractivity contribution in [3.8, 4) is 6.07 Å². The van der Waals surface area contributed by atoms with Gasteiger partial charge in [0.2, 0.25) is 5.91 Å². The van der Waals surface area contributed by atoms with Gasteiger partial charge < -0.3 is 5.32 Å². The van der Waals surface area contributed by atoms with E-state index in [0.717, 1.165) is 6.07 Å². The van der Waals surface area contributed by atoms with Crippen molar-refractivity contribution in [3.63, 3.8) is 0 Å². The van der Waals surface area contributed by atoms with Gasteiger partial charge in [-0.1, -0.05) is 6.07 Å². The number of anilines is 1. The van der Waals surface area contributed by atoms with Gasteiger partial charge in [0.05, 0.1) is 12.1 Å². The molecule has 0 fully saturated rings. The molecule has 18 heavy (non-hydrogen) atoms. The van der Waals surface area contributed by atoms with E-state index in [4.69, 9.17) is 5.26 Å². The molecule has 0 bridgehead atoms. The molecule has 0 heterocycles. The third-order valence-corrected chi connectivity index (χ3v) is 2.04. The largest absolute Gasteiger partial charge is 0.389 e. The second kappa shape index (κ2) is 5.49. The zero-order valence-electron chi connectivity index (χ0n) is 9.01. The quantitative estimate of drug-likeness (QED) is 0.849. The highest BCUT2D eigenvalue weighted by molar-refractivity contribution is 5.92. The lowest BCUT2D eigenvalue weighted by Gasteiger charge is -2.08. The molecule has 0 spiro atoms. The maximum Gasteiger partial charge on any atom is 0.389 e. The van der Waals surface area contributed by atoms with Crippen molar-refractivity contribution in [2.45, 2.75) is 19.0 Å². The molecule has 0 aliphatic carbocycles. The van der Waals surface area contributed by atoms with Crippen molar-refractivity contribution in [1.29, 1.82) is 5.26 Å². The highest BCUT2D eigenvalue weighted by Gasteiger charge is 2.28. The first-order valence-electron chi connectivity index (χ1n) is 4.88. The molecule has 1 N–H and O–H groups in total. The van der Waals surface area contributed by atoms with Crippen LogP contribution >= 0.6 is 0 Å². The van der Waals surface area contributed by atoms with E-state index in [-0.39, 0.29) is 5.69 Å². The molecule has 0 atom stereocenters. The van der Waals surface area contributed by atoms with Gasteiger partial charge in [-0.2, -0.15) is 18.4 Å². The molecular formula is C11H8F4N2O. The van der Waals surface area contributed by atoms with Crippen LogP contribution in [0.15, 0.2) is 18.2 Å². The van der Waals surface area contributed by atoms with E-state index < -0.39 is 36.3 Å². The Bertz CT molecular complexity index is 491. The van der Waals surface area contributed by atoms with Gasteiger partial charge in [0.15, 0.2) is 0 Å². The van der Waals surface area contributed by atoms with Crippen molar-refractivity contribution in [1.82, 2.24) is 0 Å². The van der Waals surface area contributed by atoms with Crippen LogP contribution in [0.25, 0.3) is 0 Å². The fourth-order valence-electron chi connectivity index (χ4n) is 1.21. The van der Waals surface area contributed by atoms with Gasteiger partial charge >= 0.3 is 6.18 Å². The smallest absolute Gasteiger partial charge is 0.325 e. The number of rotatable bonds is 3. The number of nitrogens with zero attached hydrogens (tertiary/aromatic N) is 1. The van der Waals surface area contributed by atoms with E-state index in [1.807, 2.05) is 0 Å². The number of nitriles is 1. The van der Waals surface area contributed by atoms with Gasteiger partial charge in [0, 0.05) is 6.42 Å². The van der Waals surface area contributed by atoms with E-state index in [1.165, 1.54) is 18.2 Å². The Kier molecular flexibility index (Phi) is 4.26. The Morgan fingerprint density at radius 3 is 2.61 bits per heavy atom. The summed E-state index contributed by atoms with van der Waals surface area (Å²) in [7, 11) is 0. The number of nitrogens with one attached hydrogen (secondary N) is 1. The van der Waals surface area contributed by atoms with E-state index in [0.29, 0.717) is 0 Å². The topological polar surface area (TPSA) is 52.9 Å². The minimum absolute atomic E-state index is 0.135. The summed E-state index contributed by atoms with van der Waals surface area (Å²) in [5, 5.41) is 10.7. The zero-order valence-corrected chi connectivity index (χ0v) is 9.01. The molecule has 0 saturated heterocycles. The SMILES string of the molecule is N#Cc1c(F)cccc1NC(=O)CCC(F)(F)F. The van der Waals surface area contributed by atoms with Crippen LogP contribution in [0.1, 0.15) is 18.4 Å². The number of halogens is 4. The molecule has 96 valence electrons. The van der Waals surface area contributed by atoms with Crippen LogP contribution in [0, 0.1) is 17.1 Å². The summed E-state index contributed by atoms with van der Waals surface area (Å²) in [6.45, 7) is 0. The lowest BCUT2D eigenvalue weighted by molar-refractivity contribution is -0.142. The van der Waals surface area contributed by atoms with Gasteiger partial charge in [-0.25, -0.2) is 4.39 Å². The Morgan fingerprint density at radius 1 is 1.39 bits per heavy atom. The predicted molar refractivity (Wildman–Crippen MR) is 55.0 cm³/mol. The van der Waals surface area contributed by atoms with Crippen LogP contribution in [0.3, 0.4) is 0 Å². The highest BCUT2D eigenvalue weighted by atomic mass is 19.4. The van der Waals surface area contributed by atoms with Crippen LogP contribution in [0.5, 0.6) is 0 Å². The maximum atomic E-state index is 13.1. The van der Waals surface area contributed by atoms with Crippen molar-refractivity contribution >= 4 is 11.6 Å². The lowest BCUT2D eigenvalue weighted by Crippen LogP contribution is -2.17. The van der Waals surface area contributed by atoms with Gasteiger partial charge in [-0.05, 0) is 12.1 Å². The third kappa shape index (κ3) is 4.05.